The van der Waals surface area contributed by atoms with Gasteiger partial charge in [0.15, 0.2) is 0 Å². The Hall–Kier alpha value is -1.39. The molecule has 1 unspecified atom stereocenters. The summed E-state index contributed by atoms with van der Waals surface area (Å²) in [5.41, 5.74) is 1.59. The molecule has 1 fully saturated rings. The fraction of sp³-hybridized carbons (Fsp3) is 0.562. The lowest BCUT2D eigenvalue weighted by molar-refractivity contribution is -0.126. The first-order chi connectivity index (χ1) is 9.72. The summed E-state index contributed by atoms with van der Waals surface area (Å²) in [5, 5.41) is 6.45. The van der Waals surface area contributed by atoms with Crippen LogP contribution in [0.1, 0.15) is 31.7 Å². The Labute approximate surface area is 120 Å². The Morgan fingerprint density at radius 1 is 1.45 bits per heavy atom. The maximum atomic E-state index is 12.7. The van der Waals surface area contributed by atoms with Crippen molar-refractivity contribution in [2.24, 2.45) is 5.41 Å². The summed E-state index contributed by atoms with van der Waals surface area (Å²) in [7, 11) is 1.66. The minimum absolute atomic E-state index is 0.121. The third-order valence-corrected chi connectivity index (χ3v) is 4.20. The van der Waals surface area contributed by atoms with Crippen LogP contribution in [0.5, 0.6) is 0 Å². The molecule has 2 rings (SSSR count). The van der Waals surface area contributed by atoms with Crippen molar-refractivity contribution in [2.45, 2.75) is 32.8 Å². The maximum Gasteiger partial charge on any atom is 0.231 e. The van der Waals surface area contributed by atoms with Crippen LogP contribution in [0.3, 0.4) is 0 Å². The fourth-order valence-corrected chi connectivity index (χ4v) is 2.80. The van der Waals surface area contributed by atoms with Gasteiger partial charge in [-0.2, -0.15) is 0 Å². The van der Waals surface area contributed by atoms with Gasteiger partial charge in [0, 0.05) is 24.9 Å². The second-order valence-electron chi connectivity index (χ2n) is 5.46. The molecule has 1 amide bonds. The zero-order chi connectivity index (χ0) is 14.4. The predicted octanol–water partition coefficient (Wildman–Crippen LogP) is 2.55. The molecular weight excluding hydrogens is 252 g/mol. The zero-order valence-corrected chi connectivity index (χ0v) is 12.4. The van der Waals surface area contributed by atoms with Gasteiger partial charge in [0.25, 0.3) is 0 Å². The van der Waals surface area contributed by atoms with Gasteiger partial charge in [0.2, 0.25) is 5.91 Å². The molecule has 0 aliphatic carbocycles. The second kappa shape index (κ2) is 6.86. The summed E-state index contributed by atoms with van der Waals surface area (Å²) < 4.78 is 5.18. The molecule has 0 saturated carbocycles. The first-order valence-electron chi connectivity index (χ1n) is 7.31. The minimum atomic E-state index is -0.279. The van der Waals surface area contributed by atoms with Crippen molar-refractivity contribution < 1.29 is 9.53 Å². The summed E-state index contributed by atoms with van der Waals surface area (Å²) in [6.45, 7) is 4.37. The van der Waals surface area contributed by atoms with E-state index in [1.165, 1.54) is 0 Å². The topological polar surface area (TPSA) is 50.4 Å². The van der Waals surface area contributed by atoms with Crippen LogP contribution in [0.15, 0.2) is 24.3 Å². The highest BCUT2D eigenvalue weighted by Crippen LogP contribution is 2.32. The number of hydrogen-bond donors (Lipinski definition) is 2. The molecule has 0 radical (unpaired) electrons. The quantitative estimate of drug-likeness (QED) is 0.869. The molecule has 1 aromatic rings. The molecule has 1 aliphatic rings. The van der Waals surface area contributed by atoms with Gasteiger partial charge >= 0.3 is 0 Å². The molecule has 1 heterocycles. The van der Waals surface area contributed by atoms with Gasteiger partial charge in [0.05, 0.1) is 12.0 Å². The Morgan fingerprint density at radius 2 is 2.25 bits per heavy atom. The zero-order valence-electron chi connectivity index (χ0n) is 12.4. The largest absolute Gasteiger partial charge is 0.380 e. The van der Waals surface area contributed by atoms with E-state index in [1.54, 1.807) is 7.11 Å². The van der Waals surface area contributed by atoms with Crippen molar-refractivity contribution in [3.05, 3.63) is 29.8 Å². The number of hydrogen-bond acceptors (Lipinski definition) is 3. The van der Waals surface area contributed by atoms with Gasteiger partial charge in [-0.15, -0.1) is 0 Å². The van der Waals surface area contributed by atoms with Crippen LogP contribution in [-0.4, -0.2) is 26.1 Å². The van der Waals surface area contributed by atoms with E-state index in [0.717, 1.165) is 43.6 Å². The number of para-hydroxylation sites is 1. The van der Waals surface area contributed by atoms with Gasteiger partial charge in [-0.25, -0.2) is 0 Å². The SMILES string of the molecule is CCC1(C(=O)Nc2ccccc2COC)CCCNC1. The van der Waals surface area contributed by atoms with Crippen LogP contribution < -0.4 is 10.6 Å². The van der Waals surface area contributed by atoms with Gasteiger partial charge < -0.3 is 15.4 Å². The van der Waals surface area contributed by atoms with E-state index in [1.807, 2.05) is 24.3 Å². The first kappa shape index (κ1) is 15.0. The van der Waals surface area contributed by atoms with E-state index in [9.17, 15) is 4.79 Å². The number of carbonyl (C=O) groups is 1. The smallest absolute Gasteiger partial charge is 0.231 e. The van der Waals surface area contributed by atoms with Crippen molar-refractivity contribution in [1.82, 2.24) is 5.32 Å². The van der Waals surface area contributed by atoms with Crippen LogP contribution in [0.4, 0.5) is 5.69 Å². The number of rotatable bonds is 5. The highest BCUT2D eigenvalue weighted by atomic mass is 16.5. The molecular formula is C16H24N2O2. The Bertz CT molecular complexity index is 454. The molecule has 0 aromatic heterocycles. The van der Waals surface area contributed by atoms with Crippen LogP contribution in [0.25, 0.3) is 0 Å². The summed E-state index contributed by atoms with van der Waals surface area (Å²) in [4.78, 5) is 12.7. The second-order valence-corrected chi connectivity index (χ2v) is 5.46. The van der Waals surface area contributed by atoms with Gasteiger partial charge in [-0.3, -0.25) is 4.79 Å². The summed E-state index contributed by atoms with van der Waals surface area (Å²) in [5.74, 6) is 0.121. The van der Waals surface area contributed by atoms with Crippen LogP contribution in [0, 0.1) is 5.41 Å². The van der Waals surface area contributed by atoms with Crippen LogP contribution in [0.2, 0.25) is 0 Å². The number of benzene rings is 1. The number of piperidine rings is 1. The predicted molar refractivity (Wildman–Crippen MR) is 80.6 cm³/mol. The molecule has 1 aliphatic heterocycles. The monoisotopic (exact) mass is 276 g/mol. The molecule has 20 heavy (non-hydrogen) atoms. The number of amides is 1. The normalized spacial score (nSPS) is 22.5. The molecule has 0 spiro atoms. The first-order valence-corrected chi connectivity index (χ1v) is 7.31. The average Bonchev–Trinajstić information content (AvgIpc) is 2.50. The standard InChI is InChI=1S/C16H24N2O2/c1-3-16(9-6-10-17-12-16)15(19)18-14-8-5-4-7-13(14)11-20-2/h4-5,7-8,17H,3,6,9-12H2,1-2H3,(H,18,19). The van der Waals surface area contributed by atoms with Crippen molar-refractivity contribution in [2.75, 3.05) is 25.5 Å². The summed E-state index contributed by atoms with van der Waals surface area (Å²) in [6.07, 6.45) is 2.87. The van der Waals surface area contributed by atoms with E-state index in [2.05, 4.69) is 17.6 Å². The van der Waals surface area contributed by atoms with E-state index < -0.39 is 0 Å². The fourth-order valence-electron chi connectivity index (χ4n) is 2.80. The van der Waals surface area contributed by atoms with Crippen LogP contribution >= 0.6 is 0 Å². The lowest BCUT2D eigenvalue weighted by Gasteiger charge is -2.35. The maximum absolute atomic E-state index is 12.7. The van der Waals surface area contributed by atoms with E-state index in [0.29, 0.717) is 6.61 Å². The molecule has 4 nitrogen and oxygen atoms in total. The molecule has 0 bridgehead atoms. The van der Waals surface area contributed by atoms with Crippen molar-refractivity contribution in [1.29, 1.82) is 0 Å². The number of anilines is 1. The minimum Gasteiger partial charge on any atom is -0.380 e. The Balaban J connectivity index is 2.14. The molecule has 2 N–H and O–H groups in total. The molecule has 4 heteroatoms. The van der Waals surface area contributed by atoms with E-state index in [-0.39, 0.29) is 11.3 Å². The number of ether oxygens (including phenoxy) is 1. The molecule has 1 aromatic carbocycles. The van der Waals surface area contributed by atoms with E-state index >= 15 is 0 Å². The van der Waals surface area contributed by atoms with Crippen LogP contribution in [-0.2, 0) is 16.1 Å². The van der Waals surface area contributed by atoms with Crippen molar-refractivity contribution in [3.63, 3.8) is 0 Å². The van der Waals surface area contributed by atoms with Crippen molar-refractivity contribution in [3.8, 4) is 0 Å². The lowest BCUT2D eigenvalue weighted by atomic mass is 9.77. The third-order valence-electron chi connectivity index (χ3n) is 4.20. The number of carbonyl (C=O) groups excluding carboxylic acids is 1. The average molecular weight is 276 g/mol. The number of nitrogens with one attached hydrogen (secondary N) is 2. The third kappa shape index (κ3) is 3.19. The molecule has 1 atom stereocenters. The van der Waals surface area contributed by atoms with Crippen molar-refractivity contribution >= 4 is 11.6 Å². The highest BCUT2D eigenvalue weighted by molar-refractivity contribution is 5.96. The molecule has 110 valence electrons. The Kier molecular flexibility index (Phi) is 5.15. The summed E-state index contributed by atoms with van der Waals surface area (Å²) >= 11 is 0. The van der Waals surface area contributed by atoms with E-state index in [4.69, 9.17) is 4.74 Å². The van der Waals surface area contributed by atoms with Gasteiger partial charge in [-0.05, 0) is 31.9 Å². The van der Waals surface area contributed by atoms with Gasteiger partial charge in [-0.1, -0.05) is 25.1 Å². The summed E-state index contributed by atoms with van der Waals surface area (Å²) in [6, 6.07) is 7.82. The lowest BCUT2D eigenvalue weighted by Crippen LogP contribution is -2.47. The highest BCUT2D eigenvalue weighted by Gasteiger charge is 2.37. The van der Waals surface area contributed by atoms with Gasteiger partial charge in [0.1, 0.15) is 0 Å². The Morgan fingerprint density at radius 3 is 2.90 bits per heavy atom. The number of methoxy groups -OCH3 is 1. The molecule has 1 saturated heterocycles.